The number of aliphatic hydroxyl groups is 3. The Balaban J connectivity index is 2.15. The Bertz CT molecular complexity index is 737. The summed E-state index contributed by atoms with van der Waals surface area (Å²) in [6.07, 6.45) is -1.67. The maximum Gasteiger partial charge on any atom is 0.276 e. The van der Waals surface area contributed by atoms with Gasteiger partial charge in [-0.1, -0.05) is 0 Å². The number of nitrogens with two attached hydrogens (primary N) is 1. The number of hydrogen-bond acceptors (Lipinski definition) is 7. The first-order valence-corrected chi connectivity index (χ1v) is 6.39. The van der Waals surface area contributed by atoms with Crippen LogP contribution in [0.25, 0.3) is 11.0 Å². The highest BCUT2D eigenvalue weighted by molar-refractivity contribution is 5.79. The van der Waals surface area contributed by atoms with Crippen LogP contribution in [-0.4, -0.2) is 54.7 Å². The van der Waals surface area contributed by atoms with E-state index in [1.54, 1.807) is 0 Å². The van der Waals surface area contributed by atoms with Crippen molar-refractivity contribution in [2.24, 2.45) is 0 Å². The number of ether oxygens (including phenoxy) is 1. The zero-order chi connectivity index (χ0) is 15.4. The molecule has 0 radical (unpaired) electrons. The van der Waals surface area contributed by atoms with Crippen LogP contribution in [0.5, 0.6) is 0 Å². The van der Waals surface area contributed by atoms with Crippen LogP contribution >= 0.6 is 0 Å². The Morgan fingerprint density at radius 2 is 2.29 bits per heavy atom. The molecule has 7 N–H and O–H groups in total. The van der Waals surface area contributed by atoms with Crippen LogP contribution in [0.15, 0.2) is 11.0 Å². The molecule has 1 saturated heterocycles. The van der Waals surface area contributed by atoms with Crippen molar-refractivity contribution in [1.82, 2.24) is 15.0 Å². The second kappa shape index (κ2) is 4.53. The lowest BCUT2D eigenvalue weighted by Crippen LogP contribution is -2.43. The fourth-order valence-corrected chi connectivity index (χ4v) is 2.70. The number of anilines is 1. The summed E-state index contributed by atoms with van der Waals surface area (Å²) in [7, 11) is 0. The summed E-state index contributed by atoms with van der Waals surface area (Å²) in [6, 6.07) is 0. The van der Waals surface area contributed by atoms with Gasteiger partial charge in [-0.3, -0.25) is 9.78 Å². The lowest BCUT2D eigenvalue weighted by Gasteiger charge is -2.26. The Morgan fingerprint density at radius 3 is 2.90 bits per heavy atom. The Kier molecular flexibility index (Phi) is 3.02. The minimum absolute atomic E-state index is 0.0646. The fraction of sp³-hybridized carbons (Fsp3) is 0.500. The molecule has 0 aromatic carbocycles. The van der Waals surface area contributed by atoms with Crippen molar-refractivity contribution in [3.8, 4) is 0 Å². The van der Waals surface area contributed by atoms with Gasteiger partial charge in [0.15, 0.2) is 0 Å². The van der Waals surface area contributed by atoms with Gasteiger partial charge in [0.05, 0.1) is 6.61 Å². The van der Waals surface area contributed by atoms with E-state index < -0.39 is 36.1 Å². The molecule has 1 aliphatic rings. The lowest BCUT2D eigenvalue weighted by molar-refractivity contribution is -0.0641. The minimum Gasteiger partial charge on any atom is -0.394 e. The lowest BCUT2D eigenvalue weighted by atomic mass is 9.89. The van der Waals surface area contributed by atoms with E-state index in [1.807, 2.05) is 0 Å². The number of aromatic nitrogens is 3. The molecule has 0 amide bonds. The largest absolute Gasteiger partial charge is 0.394 e. The van der Waals surface area contributed by atoms with E-state index in [2.05, 4.69) is 15.0 Å². The number of fused-ring (bicyclic) bond motifs is 1. The molecular formula is C12H16N4O5. The quantitative estimate of drug-likeness (QED) is 0.388. The van der Waals surface area contributed by atoms with Crippen LogP contribution < -0.4 is 11.3 Å². The molecule has 4 atom stereocenters. The molecular weight excluding hydrogens is 280 g/mol. The van der Waals surface area contributed by atoms with E-state index >= 15 is 0 Å². The number of rotatable bonds is 2. The van der Waals surface area contributed by atoms with Gasteiger partial charge >= 0.3 is 0 Å². The molecule has 0 bridgehead atoms. The molecule has 0 aliphatic carbocycles. The molecule has 3 heterocycles. The molecule has 9 nitrogen and oxygen atoms in total. The van der Waals surface area contributed by atoms with E-state index in [9.17, 15) is 20.1 Å². The summed E-state index contributed by atoms with van der Waals surface area (Å²) in [6.45, 7) is 0.958. The highest BCUT2D eigenvalue weighted by Crippen LogP contribution is 2.42. The van der Waals surface area contributed by atoms with Crippen LogP contribution in [0.3, 0.4) is 0 Å². The summed E-state index contributed by atoms with van der Waals surface area (Å²) in [5, 5.41) is 29.6. The molecule has 1 fully saturated rings. The summed E-state index contributed by atoms with van der Waals surface area (Å²) >= 11 is 0. The molecule has 114 valence electrons. The minimum atomic E-state index is -1.64. The van der Waals surface area contributed by atoms with Crippen molar-refractivity contribution in [2.75, 3.05) is 12.3 Å². The van der Waals surface area contributed by atoms with Gasteiger partial charge in [0.25, 0.3) is 5.56 Å². The molecule has 2 aromatic rings. The Morgan fingerprint density at radius 1 is 1.57 bits per heavy atom. The summed E-state index contributed by atoms with van der Waals surface area (Å²) in [5.41, 5.74) is 4.29. The topological polar surface area (TPSA) is 157 Å². The first kappa shape index (κ1) is 14.0. The van der Waals surface area contributed by atoms with Gasteiger partial charge in [-0.15, -0.1) is 0 Å². The second-order valence-electron chi connectivity index (χ2n) is 5.33. The molecule has 0 spiro atoms. The van der Waals surface area contributed by atoms with Crippen molar-refractivity contribution in [2.45, 2.75) is 30.8 Å². The van der Waals surface area contributed by atoms with Crippen molar-refractivity contribution < 1.29 is 20.1 Å². The monoisotopic (exact) mass is 296 g/mol. The van der Waals surface area contributed by atoms with Gasteiger partial charge < -0.3 is 30.8 Å². The van der Waals surface area contributed by atoms with E-state index in [0.29, 0.717) is 5.56 Å². The highest BCUT2D eigenvalue weighted by Gasteiger charge is 2.53. The van der Waals surface area contributed by atoms with Gasteiger partial charge in [0.1, 0.15) is 34.9 Å². The number of aromatic amines is 2. The van der Waals surface area contributed by atoms with Gasteiger partial charge in [-0.25, -0.2) is 4.98 Å². The smallest absolute Gasteiger partial charge is 0.276 e. The molecule has 9 heteroatoms. The van der Waals surface area contributed by atoms with Crippen LogP contribution in [0.4, 0.5) is 5.95 Å². The zero-order valence-electron chi connectivity index (χ0n) is 11.2. The molecule has 3 rings (SSSR count). The standard InChI is InChI=1S/C12H16N4O5/c1-12(20)8(18)5(3-17)21-9(12)4-2-14-7-6(4)15-11(13)16-10(7)19/h2,5,8-9,14,17-18,20H,3H2,1H3,(H3,13,15,16,19)/t5-,8?,9+,12?/m1/s1. The predicted molar refractivity (Wildman–Crippen MR) is 72.5 cm³/mol. The number of H-pyrrole nitrogens is 2. The van der Waals surface area contributed by atoms with Crippen molar-refractivity contribution in [1.29, 1.82) is 0 Å². The molecule has 2 unspecified atom stereocenters. The third kappa shape index (κ3) is 1.94. The highest BCUT2D eigenvalue weighted by atomic mass is 16.6. The first-order valence-electron chi connectivity index (χ1n) is 6.39. The third-order valence-corrected chi connectivity index (χ3v) is 3.84. The number of nitrogens with zero attached hydrogens (tertiary/aromatic N) is 1. The number of hydrogen-bond donors (Lipinski definition) is 6. The van der Waals surface area contributed by atoms with E-state index in [1.165, 1.54) is 13.1 Å². The maximum atomic E-state index is 11.8. The predicted octanol–water partition coefficient (Wildman–Crippen LogP) is -1.62. The average Bonchev–Trinajstić information content (AvgIpc) is 2.91. The SMILES string of the molecule is CC1(O)C(O)[C@@H](CO)O[C@H]1c1c[nH]c2c(=O)[nH]c(N)nc12. The second-order valence-corrected chi connectivity index (χ2v) is 5.33. The summed E-state index contributed by atoms with van der Waals surface area (Å²) in [4.78, 5) is 20.9. The first-order chi connectivity index (χ1) is 9.86. The number of nitrogens with one attached hydrogen (secondary N) is 2. The summed E-state index contributed by atoms with van der Waals surface area (Å²) < 4.78 is 5.51. The number of aliphatic hydroxyl groups excluding tert-OH is 2. The Labute approximate surface area is 118 Å². The maximum absolute atomic E-state index is 11.8. The van der Waals surface area contributed by atoms with E-state index in [-0.39, 0.29) is 17.0 Å². The van der Waals surface area contributed by atoms with Crippen LogP contribution in [0.1, 0.15) is 18.6 Å². The van der Waals surface area contributed by atoms with Crippen LogP contribution in [0, 0.1) is 0 Å². The fourth-order valence-electron chi connectivity index (χ4n) is 2.70. The van der Waals surface area contributed by atoms with Crippen molar-refractivity contribution in [3.05, 3.63) is 22.1 Å². The van der Waals surface area contributed by atoms with Crippen molar-refractivity contribution >= 4 is 17.0 Å². The third-order valence-electron chi connectivity index (χ3n) is 3.84. The van der Waals surface area contributed by atoms with Gasteiger partial charge in [0, 0.05) is 11.8 Å². The average molecular weight is 296 g/mol. The van der Waals surface area contributed by atoms with Crippen LogP contribution in [0.2, 0.25) is 0 Å². The van der Waals surface area contributed by atoms with Gasteiger partial charge in [-0.05, 0) is 6.92 Å². The molecule has 1 aliphatic heterocycles. The molecule has 0 saturated carbocycles. The van der Waals surface area contributed by atoms with Crippen molar-refractivity contribution in [3.63, 3.8) is 0 Å². The van der Waals surface area contributed by atoms with Crippen LogP contribution in [-0.2, 0) is 4.74 Å². The molecule has 21 heavy (non-hydrogen) atoms. The van der Waals surface area contributed by atoms with Gasteiger partial charge in [0.2, 0.25) is 5.95 Å². The van der Waals surface area contributed by atoms with E-state index in [0.717, 1.165) is 0 Å². The Hall–Kier alpha value is -1.94. The van der Waals surface area contributed by atoms with E-state index in [4.69, 9.17) is 10.5 Å². The normalized spacial score (nSPS) is 32.9. The molecule has 2 aromatic heterocycles. The zero-order valence-corrected chi connectivity index (χ0v) is 11.2. The van der Waals surface area contributed by atoms with Gasteiger partial charge in [-0.2, -0.15) is 0 Å². The summed E-state index contributed by atoms with van der Waals surface area (Å²) in [5.74, 6) is -0.0646. The number of nitrogen functional groups attached to an aromatic ring is 1.